The number of piperidine rings is 1. The van der Waals surface area contributed by atoms with Gasteiger partial charge in [-0.05, 0) is 69.4 Å². The number of aromatic hydroxyl groups is 1. The zero-order valence-corrected chi connectivity index (χ0v) is 25.8. The largest absolute Gasteiger partial charge is 0.506 e. The number of likely N-dealkylation sites (tertiary alicyclic amines) is 1. The van der Waals surface area contributed by atoms with E-state index in [-0.39, 0.29) is 40.6 Å². The Morgan fingerprint density at radius 1 is 1.23 bits per heavy atom. The highest BCUT2D eigenvalue weighted by atomic mass is 32.1. The Balaban J connectivity index is 1.27. The molecule has 0 bridgehead atoms. The first-order chi connectivity index (χ1) is 20.4. The number of aromatic amines is 1. The van der Waals surface area contributed by atoms with Crippen LogP contribution in [0.1, 0.15) is 56.4 Å². The van der Waals surface area contributed by atoms with Crippen molar-refractivity contribution in [2.45, 2.75) is 63.9 Å². The number of ether oxygens (including phenoxy) is 2. The minimum atomic E-state index is -1.16. The first kappa shape index (κ1) is 31.4. The van der Waals surface area contributed by atoms with Crippen LogP contribution in [0.3, 0.4) is 0 Å². The Morgan fingerprint density at radius 2 is 1.98 bits per heavy atom. The number of amides is 1. The quantitative estimate of drug-likeness (QED) is 0.300. The molecule has 1 atom stereocenters. The average Bonchev–Trinajstić information content (AvgIpc) is 3.34. The summed E-state index contributed by atoms with van der Waals surface area (Å²) in [5, 5.41) is 24.7. The van der Waals surface area contributed by atoms with Crippen LogP contribution in [0.4, 0.5) is 9.18 Å². The number of benzene rings is 2. The van der Waals surface area contributed by atoms with Crippen LogP contribution in [-0.2, 0) is 22.4 Å². The first-order valence-corrected chi connectivity index (χ1v) is 15.6. The molecule has 2 aromatic carbocycles. The Hall–Kier alpha value is -3.03. The van der Waals surface area contributed by atoms with Gasteiger partial charge in [0.25, 0.3) is 0 Å². The maximum absolute atomic E-state index is 14.7. The van der Waals surface area contributed by atoms with Gasteiger partial charge in [0.1, 0.15) is 22.7 Å². The molecule has 2 fully saturated rings. The van der Waals surface area contributed by atoms with Crippen LogP contribution >= 0.6 is 11.3 Å². The number of hydrogen-bond acceptors (Lipinski definition) is 9. The number of hydrogen-bond donors (Lipinski definition) is 4. The summed E-state index contributed by atoms with van der Waals surface area (Å²) in [6.07, 6.45) is 0.449. The minimum Gasteiger partial charge on any atom is -0.506 e. The monoisotopic (exact) mass is 616 g/mol. The fourth-order valence-corrected chi connectivity index (χ4v) is 6.73. The van der Waals surface area contributed by atoms with Crippen molar-refractivity contribution in [1.29, 1.82) is 0 Å². The van der Waals surface area contributed by atoms with E-state index in [0.29, 0.717) is 23.2 Å². The smallest absolute Gasteiger partial charge is 0.410 e. The number of phenolic OH excluding ortho intramolecular Hbond substituents is 1. The number of rotatable bonds is 8. The number of aromatic nitrogens is 1. The third-order valence-corrected chi connectivity index (χ3v) is 8.92. The Kier molecular flexibility index (Phi) is 9.43. The molecule has 0 aliphatic carbocycles. The van der Waals surface area contributed by atoms with Gasteiger partial charge in [-0.2, -0.15) is 0 Å². The highest BCUT2D eigenvalue weighted by molar-refractivity contribution is 7.16. The second-order valence-electron chi connectivity index (χ2n) is 12.5. The maximum Gasteiger partial charge on any atom is 0.410 e. The number of morpholine rings is 1. The number of nitrogens with zero attached hydrogens (tertiary/aromatic N) is 2. The third-order valence-electron chi connectivity index (χ3n) is 7.99. The van der Waals surface area contributed by atoms with Gasteiger partial charge in [-0.15, -0.1) is 0 Å². The van der Waals surface area contributed by atoms with E-state index in [4.69, 9.17) is 9.47 Å². The summed E-state index contributed by atoms with van der Waals surface area (Å²) >= 11 is 0.879. The average molecular weight is 617 g/mol. The number of thiazole rings is 1. The molecule has 1 unspecified atom stereocenters. The third kappa shape index (κ3) is 7.93. The predicted molar refractivity (Wildman–Crippen MR) is 163 cm³/mol. The molecule has 0 radical (unpaired) electrons. The number of nitrogens with one attached hydrogen (secondary N) is 2. The molecule has 12 heteroatoms. The van der Waals surface area contributed by atoms with E-state index in [1.807, 2.05) is 6.07 Å². The van der Waals surface area contributed by atoms with Gasteiger partial charge in [0, 0.05) is 44.8 Å². The van der Waals surface area contributed by atoms with E-state index < -0.39 is 17.8 Å². The van der Waals surface area contributed by atoms with Gasteiger partial charge >= 0.3 is 11.0 Å². The summed E-state index contributed by atoms with van der Waals surface area (Å²) in [4.78, 5) is 31.1. The topological polar surface area (TPSA) is 127 Å². The van der Waals surface area contributed by atoms with Crippen molar-refractivity contribution >= 4 is 27.6 Å². The van der Waals surface area contributed by atoms with Crippen molar-refractivity contribution in [1.82, 2.24) is 20.1 Å². The van der Waals surface area contributed by atoms with Gasteiger partial charge in [-0.25, -0.2) is 9.18 Å². The van der Waals surface area contributed by atoms with Crippen molar-refractivity contribution in [3.8, 4) is 5.75 Å². The molecule has 3 aromatic rings. The zero-order chi connectivity index (χ0) is 30.8. The summed E-state index contributed by atoms with van der Waals surface area (Å²) in [7, 11) is 0. The summed E-state index contributed by atoms with van der Waals surface area (Å²) in [5.74, 6) is -0.433. The molecule has 1 aromatic heterocycles. The summed E-state index contributed by atoms with van der Waals surface area (Å²) in [5.41, 5.74) is 1.41. The standard InChI is InChI=1S/C31H41FN4O6S/c1-30(2,3)42-29(40)36(18-25(38)23-4-5-24(37)26-27(23)43-28(39)34-26)10-6-20-14-21(16-22(32)15-20)17-35-11-7-31(8-12-35)19-33-9-13-41-31/h4-5,14-16,25,33,37-38H,6-13,17-19H2,1-3H3,(H,34,39). The van der Waals surface area contributed by atoms with E-state index >= 15 is 0 Å². The second kappa shape index (κ2) is 12.9. The minimum absolute atomic E-state index is 0.0948. The van der Waals surface area contributed by atoms with Gasteiger partial charge in [0.2, 0.25) is 0 Å². The summed E-state index contributed by atoms with van der Waals surface area (Å²) in [6, 6.07) is 7.94. The van der Waals surface area contributed by atoms with Crippen molar-refractivity contribution in [2.24, 2.45) is 0 Å². The lowest BCUT2D eigenvalue weighted by molar-refractivity contribution is -0.100. The molecule has 5 rings (SSSR count). The molecule has 2 aliphatic rings. The highest BCUT2D eigenvalue weighted by Gasteiger charge is 2.37. The van der Waals surface area contributed by atoms with Crippen LogP contribution in [-0.4, -0.2) is 88.2 Å². The van der Waals surface area contributed by atoms with Crippen molar-refractivity contribution in [2.75, 3.05) is 45.9 Å². The van der Waals surface area contributed by atoms with E-state index in [1.165, 1.54) is 23.1 Å². The molecule has 1 spiro atoms. The molecule has 43 heavy (non-hydrogen) atoms. The predicted octanol–water partition coefficient (Wildman–Crippen LogP) is 3.90. The van der Waals surface area contributed by atoms with Gasteiger partial charge in [0.15, 0.2) is 0 Å². The molecule has 2 aliphatic heterocycles. The number of phenols is 1. The number of H-pyrrole nitrogens is 1. The maximum atomic E-state index is 14.7. The van der Waals surface area contributed by atoms with Crippen molar-refractivity contribution in [3.63, 3.8) is 0 Å². The van der Waals surface area contributed by atoms with Crippen LogP contribution in [0.2, 0.25) is 0 Å². The van der Waals surface area contributed by atoms with Crippen LogP contribution in [0, 0.1) is 5.82 Å². The molecule has 4 N–H and O–H groups in total. The van der Waals surface area contributed by atoms with Gasteiger partial charge in [0.05, 0.1) is 29.6 Å². The molecule has 2 saturated heterocycles. The second-order valence-corrected chi connectivity index (χ2v) is 13.5. The molecule has 10 nitrogen and oxygen atoms in total. The number of carbonyl (C=O) groups excluding carboxylic acids is 1. The SMILES string of the molecule is CC(C)(C)OC(=O)N(CCc1cc(F)cc(CN2CCC3(CC2)CNCCO3)c1)CC(O)c1ccc(O)c2[nH]c(=O)sc12. The molecular weight excluding hydrogens is 575 g/mol. The number of carbonyl (C=O) groups is 1. The lowest BCUT2D eigenvalue weighted by atomic mass is 9.90. The van der Waals surface area contributed by atoms with Crippen molar-refractivity contribution < 1.29 is 28.9 Å². The Morgan fingerprint density at radius 3 is 2.67 bits per heavy atom. The summed E-state index contributed by atoms with van der Waals surface area (Å²) in [6.45, 7) is 10.2. The number of halogens is 1. The number of aliphatic hydroxyl groups is 1. The van der Waals surface area contributed by atoms with Gasteiger partial charge in [-0.1, -0.05) is 23.5 Å². The normalized spacial score (nSPS) is 18.2. The van der Waals surface area contributed by atoms with Crippen LogP contribution in [0.25, 0.3) is 10.2 Å². The molecular formula is C31H41FN4O6S. The Bertz CT molecular complexity index is 1490. The molecule has 3 heterocycles. The lowest BCUT2D eigenvalue weighted by Gasteiger charge is -2.44. The zero-order valence-electron chi connectivity index (χ0n) is 25.0. The van der Waals surface area contributed by atoms with Gasteiger partial charge < -0.3 is 34.9 Å². The Labute approximate surface area is 254 Å². The molecule has 1 amide bonds. The molecule has 0 saturated carbocycles. The highest BCUT2D eigenvalue weighted by Crippen LogP contribution is 2.32. The fraction of sp³-hybridized carbons (Fsp3) is 0.548. The summed E-state index contributed by atoms with van der Waals surface area (Å²) < 4.78 is 26.9. The van der Waals surface area contributed by atoms with E-state index in [0.717, 1.165) is 68.1 Å². The lowest BCUT2D eigenvalue weighted by Crippen LogP contribution is -2.55. The molecule has 234 valence electrons. The van der Waals surface area contributed by atoms with E-state index in [2.05, 4.69) is 15.2 Å². The van der Waals surface area contributed by atoms with Crippen LogP contribution < -0.4 is 10.2 Å². The number of aliphatic hydroxyl groups excluding tert-OH is 1. The first-order valence-electron chi connectivity index (χ1n) is 14.8. The van der Waals surface area contributed by atoms with Crippen LogP contribution in [0.15, 0.2) is 35.1 Å². The van der Waals surface area contributed by atoms with Crippen molar-refractivity contribution in [3.05, 3.63) is 62.5 Å². The van der Waals surface area contributed by atoms with E-state index in [1.54, 1.807) is 26.8 Å². The van der Waals surface area contributed by atoms with Gasteiger partial charge in [-0.3, -0.25) is 9.69 Å². The fourth-order valence-electron chi connectivity index (χ4n) is 5.81. The van der Waals surface area contributed by atoms with Crippen LogP contribution in [0.5, 0.6) is 5.75 Å². The van der Waals surface area contributed by atoms with E-state index in [9.17, 15) is 24.2 Å². The number of fused-ring (bicyclic) bond motifs is 1.